The van der Waals surface area contributed by atoms with Gasteiger partial charge in [-0.05, 0) is 40.5 Å². The van der Waals surface area contributed by atoms with Gasteiger partial charge in [0.1, 0.15) is 5.82 Å². The van der Waals surface area contributed by atoms with Crippen LogP contribution < -0.4 is 0 Å². The lowest BCUT2D eigenvalue weighted by Crippen LogP contribution is -2.38. The number of amides is 1. The molecule has 1 fully saturated rings. The van der Waals surface area contributed by atoms with E-state index in [4.69, 9.17) is 0 Å². The van der Waals surface area contributed by atoms with E-state index in [9.17, 15) is 17.6 Å². The van der Waals surface area contributed by atoms with Crippen molar-refractivity contribution in [3.05, 3.63) is 34.1 Å². The van der Waals surface area contributed by atoms with Crippen molar-refractivity contribution in [1.29, 1.82) is 0 Å². The van der Waals surface area contributed by atoms with Gasteiger partial charge < -0.3 is 4.90 Å². The topological polar surface area (TPSA) is 54.5 Å². The van der Waals surface area contributed by atoms with Crippen LogP contribution in [0.4, 0.5) is 4.39 Å². The van der Waals surface area contributed by atoms with E-state index < -0.39 is 15.7 Å². The monoisotopic (exact) mass is 349 g/mol. The number of rotatable bonds is 2. The minimum absolute atomic E-state index is 0.00590. The van der Waals surface area contributed by atoms with Crippen LogP contribution in [0.5, 0.6) is 0 Å². The molecule has 0 bridgehead atoms. The molecule has 1 aliphatic heterocycles. The van der Waals surface area contributed by atoms with Gasteiger partial charge in [-0.25, -0.2) is 12.8 Å². The molecule has 1 aromatic carbocycles. The van der Waals surface area contributed by atoms with Crippen LogP contribution in [0.25, 0.3) is 0 Å². The largest absolute Gasteiger partial charge is 0.338 e. The van der Waals surface area contributed by atoms with Gasteiger partial charge in [0.2, 0.25) is 0 Å². The van der Waals surface area contributed by atoms with E-state index in [0.29, 0.717) is 16.5 Å². The Bertz CT molecular complexity index is 617. The number of hydrogen-bond donors (Lipinski definition) is 0. The molecule has 2 rings (SSSR count). The standard InChI is InChI=1S/C12H13BrFNO3S/c1-15(9-4-5-19(17,18)7-9)12(16)10-3-2-8(14)6-11(10)13/h2-3,6,9H,4-5,7H2,1H3. The van der Waals surface area contributed by atoms with Crippen LogP contribution in [0, 0.1) is 5.82 Å². The molecule has 1 amide bonds. The molecular weight excluding hydrogens is 337 g/mol. The van der Waals surface area contributed by atoms with Crippen molar-refractivity contribution in [3.63, 3.8) is 0 Å². The van der Waals surface area contributed by atoms with Crippen LogP contribution in [0.2, 0.25) is 0 Å². The lowest BCUT2D eigenvalue weighted by atomic mass is 10.1. The average Bonchev–Trinajstić information content (AvgIpc) is 2.68. The minimum atomic E-state index is -3.04. The molecule has 0 spiro atoms. The zero-order valence-corrected chi connectivity index (χ0v) is 12.7. The molecule has 0 radical (unpaired) electrons. The summed E-state index contributed by atoms with van der Waals surface area (Å²) in [6, 6.07) is 3.50. The summed E-state index contributed by atoms with van der Waals surface area (Å²) in [5.74, 6) is -0.642. The number of benzene rings is 1. The molecule has 0 saturated carbocycles. The summed E-state index contributed by atoms with van der Waals surface area (Å²) in [4.78, 5) is 13.7. The van der Waals surface area contributed by atoms with Crippen molar-refractivity contribution in [1.82, 2.24) is 4.90 Å². The van der Waals surface area contributed by atoms with Gasteiger partial charge in [0, 0.05) is 17.6 Å². The van der Waals surface area contributed by atoms with E-state index >= 15 is 0 Å². The smallest absolute Gasteiger partial charge is 0.255 e. The highest BCUT2D eigenvalue weighted by Gasteiger charge is 2.33. The summed E-state index contributed by atoms with van der Waals surface area (Å²) in [5, 5.41) is 0. The van der Waals surface area contributed by atoms with E-state index in [1.54, 1.807) is 7.05 Å². The second kappa shape index (κ2) is 5.20. The zero-order valence-electron chi connectivity index (χ0n) is 10.3. The highest BCUT2D eigenvalue weighted by Crippen LogP contribution is 2.23. The summed E-state index contributed by atoms with van der Waals surface area (Å²) in [6.45, 7) is 0. The Labute approximate surface area is 119 Å². The molecule has 1 saturated heterocycles. The van der Waals surface area contributed by atoms with Crippen molar-refractivity contribution in [2.75, 3.05) is 18.6 Å². The van der Waals surface area contributed by atoms with Gasteiger partial charge in [0.25, 0.3) is 5.91 Å². The lowest BCUT2D eigenvalue weighted by molar-refractivity contribution is 0.0746. The van der Waals surface area contributed by atoms with Crippen LogP contribution in [0.15, 0.2) is 22.7 Å². The molecule has 7 heteroatoms. The van der Waals surface area contributed by atoms with Crippen LogP contribution in [-0.4, -0.2) is 43.8 Å². The van der Waals surface area contributed by atoms with Gasteiger partial charge in [-0.3, -0.25) is 4.79 Å². The van der Waals surface area contributed by atoms with Gasteiger partial charge in [-0.1, -0.05) is 0 Å². The average molecular weight is 350 g/mol. The highest BCUT2D eigenvalue weighted by atomic mass is 79.9. The Morgan fingerprint density at radius 1 is 1.47 bits per heavy atom. The second-order valence-electron chi connectivity index (χ2n) is 4.60. The number of carbonyl (C=O) groups excluding carboxylic acids is 1. The van der Waals surface area contributed by atoms with Crippen molar-refractivity contribution >= 4 is 31.7 Å². The summed E-state index contributed by atoms with van der Waals surface area (Å²) < 4.78 is 36.2. The first-order chi connectivity index (χ1) is 8.80. The Balaban J connectivity index is 2.20. The molecule has 1 aromatic rings. The Morgan fingerprint density at radius 3 is 2.68 bits per heavy atom. The van der Waals surface area contributed by atoms with Crippen molar-refractivity contribution < 1.29 is 17.6 Å². The summed E-state index contributed by atoms with van der Waals surface area (Å²) >= 11 is 3.14. The van der Waals surface area contributed by atoms with E-state index in [1.807, 2.05) is 0 Å². The van der Waals surface area contributed by atoms with E-state index in [1.165, 1.54) is 23.1 Å². The van der Waals surface area contributed by atoms with Crippen LogP contribution in [0.3, 0.4) is 0 Å². The molecule has 19 heavy (non-hydrogen) atoms. The molecule has 0 N–H and O–H groups in total. The third-order valence-electron chi connectivity index (χ3n) is 3.24. The van der Waals surface area contributed by atoms with Gasteiger partial charge in [-0.15, -0.1) is 0 Å². The molecule has 104 valence electrons. The SMILES string of the molecule is CN(C(=O)c1ccc(F)cc1Br)C1CCS(=O)(=O)C1. The van der Waals surface area contributed by atoms with Crippen LogP contribution in [-0.2, 0) is 9.84 Å². The third kappa shape index (κ3) is 3.14. The fourth-order valence-corrected chi connectivity index (χ4v) is 4.39. The first-order valence-corrected chi connectivity index (χ1v) is 8.34. The molecule has 1 unspecified atom stereocenters. The van der Waals surface area contributed by atoms with Gasteiger partial charge in [0.05, 0.1) is 17.1 Å². The molecule has 0 aliphatic carbocycles. The number of carbonyl (C=O) groups is 1. The van der Waals surface area contributed by atoms with Gasteiger partial charge in [0.15, 0.2) is 9.84 Å². The van der Waals surface area contributed by atoms with Crippen molar-refractivity contribution in [2.45, 2.75) is 12.5 Å². The lowest BCUT2D eigenvalue weighted by Gasteiger charge is -2.23. The maximum absolute atomic E-state index is 13.0. The van der Waals surface area contributed by atoms with Crippen LogP contribution in [0.1, 0.15) is 16.8 Å². The first kappa shape index (κ1) is 14.5. The predicted octanol–water partition coefficient (Wildman–Crippen LogP) is 1.85. The quantitative estimate of drug-likeness (QED) is 0.818. The van der Waals surface area contributed by atoms with E-state index in [-0.39, 0.29) is 23.5 Å². The summed E-state index contributed by atoms with van der Waals surface area (Å²) in [6.07, 6.45) is 0.448. The van der Waals surface area contributed by atoms with Crippen LogP contribution >= 0.6 is 15.9 Å². The third-order valence-corrected chi connectivity index (χ3v) is 5.64. The Morgan fingerprint density at radius 2 is 2.16 bits per heavy atom. The normalized spacial score (nSPS) is 21.3. The minimum Gasteiger partial charge on any atom is -0.338 e. The Kier molecular flexibility index (Phi) is 3.96. The molecule has 0 aromatic heterocycles. The molecule has 4 nitrogen and oxygen atoms in total. The zero-order chi connectivity index (χ0) is 14.2. The number of hydrogen-bond acceptors (Lipinski definition) is 3. The molecular formula is C12H13BrFNO3S. The van der Waals surface area contributed by atoms with Crippen molar-refractivity contribution in [3.8, 4) is 0 Å². The molecule has 1 aliphatic rings. The molecule has 1 heterocycles. The fourth-order valence-electron chi connectivity index (χ4n) is 2.10. The Hall–Kier alpha value is -0.950. The predicted molar refractivity (Wildman–Crippen MR) is 73.3 cm³/mol. The summed E-state index contributed by atoms with van der Waals surface area (Å²) in [7, 11) is -1.47. The van der Waals surface area contributed by atoms with Crippen molar-refractivity contribution in [2.24, 2.45) is 0 Å². The maximum atomic E-state index is 13.0. The van der Waals surface area contributed by atoms with Gasteiger partial charge >= 0.3 is 0 Å². The summed E-state index contributed by atoms with van der Waals surface area (Å²) in [5.41, 5.74) is 0.327. The highest BCUT2D eigenvalue weighted by molar-refractivity contribution is 9.10. The fraction of sp³-hybridized carbons (Fsp3) is 0.417. The second-order valence-corrected chi connectivity index (χ2v) is 7.68. The van der Waals surface area contributed by atoms with E-state index in [2.05, 4.69) is 15.9 Å². The first-order valence-electron chi connectivity index (χ1n) is 5.73. The molecule has 1 atom stereocenters. The van der Waals surface area contributed by atoms with Gasteiger partial charge in [-0.2, -0.15) is 0 Å². The van der Waals surface area contributed by atoms with E-state index in [0.717, 1.165) is 0 Å². The maximum Gasteiger partial charge on any atom is 0.255 e. The number of nitrogens with zero attached hydrogens (tertiary/aromatic N) is 1. The number of halogens is 2. The number of sulfone groups is 1.